The first-order chi connectivity index (χ1) is 18.1. The third-order valence-corrected chi connectivity index (χ3v) is 5.70. The summed E-state index contributed by atoms with van der Waals surface area (Å²) in [4.78, 5) is 16.7. The van der Waals surface area contributed by atoms with E-state index in [-0.39, 0.29) is 11.5 Å². The Bertz CT molecular complexity index is 1460. The van der Waals surface area contributed by atoms with Crippen molar-refractivity contribution < 1.29 is 36.6 Å². The lowest BCUT2D eigenvalue weighted by molar-refractivity contribution is -0.137. The zero-order chi connectivity index (χ0) is 27.4. The van der Waals surface area contributed by atoms with Crippen molar-refractivity contribution in [2.75, 3.05) is 19.5 Å². The van der Waals surface area contributed by atoms with Crippen LogP contribution in [0, 0.1) is 5.82 Å². The number of methoxy groups -OCH3 is 2. The van der Waals surface area contributed by atoms with E-state index >= 15 is 0 Å². The van der Waals surface area contributed by atoms with E-state index in [4.69, 9.17) is 14.2 Å². The average Bonchev–Trinajstić information content (AvgIpc) is 2.88. The largest absolute Gasteiger partial charge is 0.493 e. The fraction of sp³-hybridized carbons (Fsp3) is 0.185. The molecule has 7 nitrogen and oxygen atoms in total. The Morgan fingerprint density at radius 1 is 0.921 bits per heavy atom. The zero-order valence-corrected chi connectivity index (χ0v) is 20.5. The van der Waals surface area contributed by atoms with Gasteiger partial charge in [-0.3, -0.25) is 4.98 Å². The molecule has 0 radical (unpaired) electrons. The molecular formula is C27H23F4N3O4. The van der Waals surface area contributed by atoms with Gasteiger partial charge in [-0.1, -0.05) is 12.1 Å². The molecule has 38 heavy (non-hydrogen) atoms. The maximum absolute atomic E-state index is 13.9. The number of hydrogen-bond donors (Lipinski definition) is 2. The second-order valence-electron chi connectivity index (χ2n) is 8.21. The molecule has 0 fully saturated rings. The Morgan fingerprint density at radius 2 is 1.61 bits per heavy atom. The summed E-state index contributed by atoms with van der Waals surface area (Å²) in [6.45, 7) is 1.62. The number of alkyl halides is 3. The van der Waals surface area contributed by atoms with Gasteiger partial charge < -0.3 is 24.8 Å². The Labute approximate surface area is 215 Å². The number of pyridine rings is 1. The topological polar surface area (TPSA) is 81.7 Å². The molecule has 0 aliphatic rings. The van der Waals surface area contributed by atoms with Gasteiger partial charge in [-0.25, -0.2) is 9.18 Å². The molecule has 2 amide bonds. The number of halogens is 4. The van der Waals surface area contributed by atoms with E-state index < -0.39 is 35.3 Å². The molecule has 0 bridgehead atoms. The van der Waals surface area contributed by atoms with E-state index in [1.165, 1.54) is 56.8 Å². The van der Waals surface area contributed by atoms with Crippen molar-refractivity contribution in [3.63, 3.8) is 0 Å². The molecule has 0 aliphatic carbocycles. The van der Waals surface area contributed by atoms with Crippen LogP contribution < -0.4 is 24.8 Å². The van der Waals surface area contributed by atoms with E-state index in [1.54, 1.807) is 19.1 Å². The Kier molecular flexibility index (Phi) is 7.56. The lowest BCUT2D eigenvalue weighted by Gasteiger charge is -2.18. The Morgan fingerprint density at radius 3 is 2.26 bits per heavy atom. The van der Waals surface area contributed by atoms with Crippen LogP contribution in [-0.4, -0.2) is 25.2 Å². The molecule has 0 aliphatic heterocycles. The average molecular weight is 529 g/mol. The van der Waals surface area contributed by atoms with Gasteiger partial charge in [-0.2, -0.15) is 13.2 Å². The summed E-state index contributed by atoms with van der Waals surface area (Å²) in [7, 11) is 2.93. The van der Waals surface area contributed by atoms with Gasteiger partial charge in [0.1, 0.15) is 17.3 Å². The lowest BCUT2D eigenvalue weighted by Crippen LogP contribution is -2.31. The van der Waals surface area contributed by atoms with Gasteiger partial charge in [0.25, 0.3) is 0 Å². The number of anilines is 1. The minimum Gasteiger partial charge on any atom is -0.493 e. The van der Waals surface area contributed by atoms with Crippen molar-refractivity contribution in [3.05, 3.63) is 83.8 Å². The monoisotopic (exact) mass is 529 g/mol. The fourth-order valence-electron chi connectivity index (χ4n) is 3.78. The number of ether oxygens (including phenoxy) is 3. The first-order valence-corrected chi connectivity index (χ1v) is 11.3. The maximum atomic E-state index is 13.9. The molecule has 0 saturated carbocycles. The molecule has 11 heteroatoms. The first-order valence-electron chi connectivity index (χ1n) is 11.3. The number of aromatic nitrogens is 1. The lowest BCUT2D eigenvalue weighted by atomic mass is 10.1. The molecule has 0 unspecified atom stereocenters. The van der Waals surface area contributed by atoms with Crippen molar-refractivity contribution in [2.45, 2.75) is 19.1 Å². The van der Waals surface area contributed by atoms with E-state index in [0.717, 1.165) is 12.1 Å². The van der Waals surface area contributed by atoms with Crippen LogP contribution in [0.1, 0.15) is 24.1 Å². The van der Waals surface area contributed by atoms with Gasteiger partial charge in [0.05, 0.1) is 37.0 Å². The van der Waals surface area contributed by atoms with Crippen LogP contribution in [0.5, 0.6) is 23.0 Å². The highest BCUT2D eigenvalue weighted by molar-refractivity contribution is 5.91. The fourth-order valence-corrected chi connectivity index (χ4v) is 3.78. The number of rotatable bonds is 7. The van der Waals surface area contributed by atoms with Crippen LogP contribution in [0.3, 0.4) is 0 Å². The molecule has 0 saturated heterocycles. The summed E-state index contributed by atoms with van der Waals surface area (Å²) in [6, 6.07) is 11.9. The molecule has 1 atom stereocenters. The standard InChI is InChI=1S/C27H23F4N3O4/c1-15(16-4-6-17(28)7-5-16)33-26(35)34-21-9-8-18(12-20(21)27(29,30)31)38-23-10-11-32-22-14-25(37-3)24(36-2)13-19(22)23/h4-15H,1-3H3,(H2,33,34,35)/t15-/m0/s1. The summed E-state index contributed by atoms with van der Waals surface area (Å²) in [5, 5.41) is 5.27. The van der Waals surface area contributed by atoms with Gasteiger partial charge in [-0.05, 0) is 55.0 Å². The highest BCUT2D eigenvalue weighted by Gasteiger charge is 2.35. The third-order valence-electron chi connectivity index (χ3n) is 5.70. The first kappa shape index (κ1) is 26.5. The smallest absolute Gasteiger partial charge is 0.418 e. The number of carbonyl (C=O) groups excluding carboxylic acids is 1. The van der Waals surface area contributed by atoms with Crippen molar-refractivity contribution in [1.29, 1.82) is 0 Å². The molecule has 1 heterocycles. The van der Waals surface area contributed by atoms with Crippen molar-refractivity contribution in [2.24, 2.45) is 0 Å². The summed E-state index contributed by atoms with van der Waals surface area (Å²) < 4.78 is 71.3. The van der Waals surface area contributed by atoms with Crippen LogP contribution in [0.25, 0.3) is 10.9 Å². The minimum atomic E-state index is -4.79. The van der Waals surface area contributed by atoms with Gasteiger partial charge in [-0.15, -0.1) is 0 Å². The maximum Gasteiger partial charge on any atom is 0.418 e. The molecule has 3 aromatic carbocycles. The molecule has 2 N–H and O–H groups in total. The van der Waals surface area contributed by atoms with Crippen LogP contribution in [0.15, 0.2) is 66.9 Å². The van der Waals surface area contributed by atoms with E-state index in [2.05, 4.69) is 15.6 Å². The summed E-state index contributed by atoms with van der Waals surface area (Å²) in [6.07, 6.45) is -3.34. The molecule has 4 aromatic rings. The predicted molar refractivity (Wildman–Crippen MR) is 133 cm³/mol. The quantitative estimate of drug-likeness (QED) is 0.250. The summed E-state index contributed by atoms with van der Waals surface area (Å²) in [5.41, 5.74) is -0.488. The molecule has 4 rings (SSSR count). The Balaban J connectivity index is 1.59. The number of carbonyl (C=O) groups is 1. The van der Waals surface area contributed by atoms with Crippen LogP contribution in [-0.2, 0) is 6.18 Å². The third kappa shape index (κ3) is 5.88. The van der Waals surface area contributed by atoms with Crippen LogP contribution >= 0.6 is 0 Å². The second kappa shape index (κ2) is 10.8. The summed E-state index contributed by atoms with van der Waals surface area (Å²) in [5.74, 6) is 0.530. The molecular weight excluding hydrogens is 506 g/mol. The highest BCUT2D eigenvalue weighted by atomic mass is 19.4. The highest BCUT2D eigenvalue weighted by Crippen LogP contribution is 2.40. The second-order valence-corrected chi connectivity index (χ2v) is 8.21. The van der Waals surface area contributed by atoms with Crippen molar-refractivity contribution >= 4 is 22.6 Å². The van der Waals surface area contributed by atoms with E-state index in [9.17, 15) is 22.4 Å². The number of hydrogen-bond acceptors (Lipinski definition) is 5. The normalized spacial score (nSPS) is 12.1. The van der Waals surface area contributed by atoms with Gasteiger partial charge in [0.15, 0.2) is 11.5 Å². The summed E-state index contributed by atoms with van der Waals surface area (Å²) >= 11 is 0. The molecule has 198 valence electrons. The molecule has 0 spiro atoms. The number of amides is 2. The number of nitrogens with zero attached hydrogens (tertiary/aromatic N) is 1. The van der Waals surface area contributed by atoms with E-state index in [1.807, 2.05) is 0 Å². The minimum absolute atomic E-state index is 0.106. The van der Waals surface area contributed by atoms with E-state index in [0.29, 0.717) is 28.0 Å². The number of fused-ring (bicyclic) bond motifs is 1. The SMILES string of the molecule is COc1cc2nccc(Oc3ccc(NC(=O)N[C@@H](C)c4ccc(F)cc4)c(C(F)(F)F)c3)c2cc1OC. The van der Waals surface area contributed by atoms with Crippen LogP contribution in [0.2, 0.25) is 0 Å². The predicted octanol–water partition coefficient (Wildman–Crippen LogP) is 7.08. The number of nitrogens with one attached hydrogen (secondary N) is 2. The van der Waals surface area contributed by atoms with Crippen molar-refractivity contribution in [3.8, 4) is 23.0 Å². The number of urea groups is 1. The number of benzene rings is 3. The van der Waals surface area contributed by atoms with Crippen molar-refractivity contribution in [1.82, 2.24) is 10.3 Å². The van der Waals surface area contributed by atoms with Gasteiger partial charge >= 0.3 is 12.2 Å². The van der Waals surface area contributed by atoms with Crippen LogP contribution in [0.4, 0.5) is 28.0 Å². The molecule has 1 aromatic heterocycles. The van der Waals surface area contributed by atoms with Gasteiger partial charge in [0.2, 0.25) is 0 Å². The zero-order valence-electron chi connectivity index (χ0n) is 20.5. The van der Waals surface area contributed by atoms with Gasteiger partial charge in [0, 0.05) is 17.6 Å². The Hall–Kier alpha value is -4.54.